The van der Waals surface area contributed by atoms with E-state index in [1.54, 1.807) is 24.3 Å². The van der Waals surface area contributed by atoms with E-state index >= 15 is 0 Å². The molecule has 3 N–H and O–H groups in total. The summed E-state index contributed by atoms with van der Waals surface area (Å²) in [6.45, 7) is 0. The molecule has 6 nitrogen and oxygen atoms in total. The summed E-state index contributed by atoms with van der Waals surface area (Å²) in [5.74, 6) is -0.531. The lowest BCUT2D eigenvalue weighted by Gasteiger charge is -2.07. The predicted molar refractivity (Wildman–Crippen MR) is 74.4 cm³/mol. The highest BCUT2D eigenvalue weighted by Crippen LogP contribution is 2.13. The third kappa shape index (κ3) is 3.11. The number of hydrogen-bond donors (Lipinski definition) is 2. The van der Waals surface area contributed by atoms with Crippen LogP contribution in [0.1, 0.15) is 20.7 Å². The van der Waals surface area contributed by atoms with Crippen molar-refractivity contribution in [3.63, 3.8) is 0 Å². The molecule has 0 aliphatic carbocycles. The zero-order valence-electron chi connectivity index (χ0n) is 10.8. The Kier molecular flexibility index (Phi) is 3.95. The minimum atomic E-state index is -0.464. The third-order valence-corrected chi connectivity index (χ3v) is 2.58. The molecule has 2 rings (SSSR count). The minimum Gasteiger partial charge on any atom is -0.465 e. The van der Waals surface area contributed by atoms with E-state index in [0.29, 0.717) is 16.8 Å². The Balaban J connectivity index is 2.18. The van der Waals surface area contributed by atoms with Crippen molar-refractivity contribution in [2.24, 2.45) is 0 Å². The van der Waals surface area contributed by atoms with Crippen LogP contribution >= 0.6 is 0 Å². The Morgan fingerprint density at radius 2 is 2.00 bits per heavy atom. The van der Waals surface area contributed by atoms with Gasteiger partial charge in [0.15, 0.2) is 0 Å². The van der Waals surface area contributed by atoms with Gasteiger partial charge in [-0.25, -0.2) is 9.78 Å². The number of amides is 1. The van der Waals surface area contributed by atoms with Gasteiger partial charge in [-0.1, -0.05) is 6.07 Å². The van der Waals surface area contributed by atoms with Crippen LogP contribution in [0, 0.1) is 0 Å². The first-order chi connectivity index (χ1) is 9.60. The number of esters is 1. The number of nitrogens with one attached hydrogen (secondary N) is 1. The van der Waals surface area contributed by atoms with Gasteiger partial charge in [-0.05, 0) is 30.3 Å². The molecule has 2 aromatic rings. The molecule has 1 aromatic heterocycles. The van der Waals surface area contributed by atoms with E-state index in [-0.39, 0.29) is 11.7 Å². The lowest BCUT2D eigenvalue weighted by Crippen LogP contribution is -2.13. The van der Waals surface area contributed by atoms with Crippen LogP contribution in [0.4, 0.5) is 11.5 Å². The van der Waals surface area contributed by atoms with Gasteiger partial charge < -0.3 is 15.8 Å². The summed E-state index contributed by atoms with van der Waals surface area (Å²) < 4.78 is 4.62. The summed E-state index contributed by atoms with van der Waals surface area (Å²) in [7, 11) is 1.30. The minimum absolute atomic E-state index is 0.265. The van der Waals surface area contributed by atoms with E-state index in [1.807, 2.05) is 0 Å². The second-order valence-electron chi connectivity index (χ2n) is 4.00. The maximum atomic E-state index is 12.0. The number of methoxy groups -OCH3 is 1. The Hall–Kier alpha value is -2.89. The molecule has 1 aromatic carbocycles. The molecule has 0 radical (unpaired) electrons. The number of benzene rings is 1. The van der Waals surface area contributed by atoms with Crippen LogP contribution in [0.5, 0.6) is 0 Å². The van der Waals surface area contributed by atoms with Crippen LogP contribution in [0.25, 0.3) is 0 Å². The van der Waals surface area contributed by atoms with Crippen molar-refractivity contribution >= 4 is 23.4 Å². The van der Waals surface area contributed by atoms with Gasteiger partial charge in [-0.15, -0.1) is 0 Å². The van der Waals surface area contributed by atoms with Crippen LogP contribution in [0.15, 0.2) is 42.6 Å². The number of carbonyl (C=O) groups is 2. The van der Waals surface area contributed by atoms with E-state index in [1.165, 1.54) is 25.4 Å². The highest BCUT2D eigenvalue weighted by molar-refractivity contribution is 6.05. The zero-order chi connectivity index (χ0) is 14.5. The average molecular weight is 271 g/mol. The monoisotopic (exact) mass is 271 g/mol. The van der Waals surface area contributed by atoms with E-state index in [0.717, 1.165) is 0 Å². The number of aromatic nitrogens is 1. The Bertz CT molecular complexity index is 656. The molecule has 0 fully saturated rings. The molecule has 0 atom stereocenters. The molecule has 0 saturated carbocycles. The van der Waals surface area contributed by atoms with E-state index in [4.69, 9.17) is 5.73 Å². The average Bonchev–Trinajstić information content (AvgIpc) is 2.46. The molecule has 1 amide bonds. The summed E-state index contributed by atoms with van der Waals surface area (Å²) in [5, 5.41) is 2.67. The zero-order valence-corrected chi connectivity index (χ0v) is 10.8. The van der Waals surface area contributed by atoms with Gasteiger partial charge in [0.25, 0.3) is 5.91 Å². The van der Waals surface area contributed by atoms with Crippen molar-refractivity contribution in [2.75, 3.05) is 18.2 Å². The lowest BCUT2D eigenvalue weighted by atomic mass is 10.2. The van der Waals surface area contributed by atoms with Crippen LogP contribution < -0.4 is 11.1 Å². The fourth-order valence-corrected chi connectivity index (χ4v) is 1.63. The normalized spacial score (nSPS) is 9.85. The molecular weight excluding hydrogens is 258 g/mol. The SMILES string of the molecule is COC(=O)c1cccc(NC(=O)c2ccnc(N)c2)c1. The number of ether oxygens (including phenoxy) is 1. The molecule has 102 valence electrons. The predicted octanol–water partition coefficient (Wildman–Crippen LogP) is 1.70. The summed E-state index contributed by atoms with van der Waals surface area (Å²) in [5.41, 5.74) is 6.76. The standard InChI is InChI=1S/C14H13N3O3/c1-20-14(19)10-3-2-4-11(7-10)17-13(18)9-5-6-16-12(15)8-9/h2-8H,1H3,(H2,15,16)(H,17,18). The Morgan fingerprint density at radius 3 is 2.70 bits per heavy atom. The number of rotatable bonds is 3. The van der Waals surface area contributed by atoms with Crippen LogP contribution in [0.2, 0.25) is 0 Å². The quantitative estimate of drug-likeness (QED) is 0.828. The molecule has 0 aliphatic rings. The molecular formula is C14H13N3O3. The van der Waals surface area contributed by atoms with Crippen LogP contribution in [-0.2, 0) is 4.74 Å². The van der Waals surface area contributed by atoms with Gasteiger partial charge in [0.2, 0.25) is 0 Å². The molecule has 0 aliphatic heterocycles. The molecule has 1 heterocycles. The second kappa shape index (κ2) is 5.83. The molecule has 0 unspecified atom stereocenters. The number of nitrogens with zero attached hydrogens (tertiary/aromatic N) is 1. The smallest absolute Gasteiger partial charge is 0.337 e. The molecule has 0 saturated heterocycles. The summed E-state index contributed by atoms with van der Waals surface area (Å²) in [4.78, 5) is 27.2. The molecule has 20 heavy (non-hydrogen) atoms. The number of anilines is 2. The van der Waals surface area contributed by atoms with E-state index in [2.05, 4.69) is 15.0 Å². The van der Waals surface area contributed by atoms with Crippen molar-refractivity contribution in [2.45, 2.75) is 0 Å². The van der Waals surface area contributed by atoms with Gasteiger partial charge in [-0.2, -0.15) is 0 Å². The fourth-order valence-electron chi connectivity index (χ4n) is 1.63. The van der Waals surface area contributed by atoms with Crippen molar-refractivity contribution < 1.29 is 14.3 Å². The highest BCUT2D eigenvalue weighted by atomic mass is 16.5. The Labute approximate surface area is 115 Å². The first kappa shape index (κ1) is 13.5. The number of carbonyl (C=O) groups excluding carboxylic acids is 2. The molecule has 0 bridgehead atoms. The fraction of sp³-hybridized carbons (Fsp3) is 0.0714. The first-order valence-corrected chi connectivity index (χ1v) is 5.81. The van der Waals surface area contributed by atoms with Crippen molar-refractivity contribution in [1.29, 1.82) is 0 Å². The van der Waals surface area contributed by atoms with Crippen molar-refractivity contribution in [3.8, 4) is 0 Å². The van der Waals surface area contributed by atoms with Crippen molar-refractivity contribution in [1.82, 2.24) is 4.98 Å². The maximum Gasteiger partial charge on any atom is 0.337 e. The number of hydrogen-bond acceptors (Lipinski definition) is 5. The van der Waals surface area contributed by atoms with Gasteiger partial charge in [0.1, 0.15) is 5.82 Å². The second-order valence-corrected chi connectivity index (χ2v) is 4.00. The van der Waals surface area contributed by atoms with Gasteiger partial charge in [-0.3, -0.25) is 4.79 Å². The maximum absolute atomic E-state index is 12.0. The van der Waals surface area contributed by atoms with E-state index < -0.39 is 5.97 Å². The van der Waals surface area contributed by atoms with Crippen LogP contribution in [0.3, 0.4) is 0 Å². The van der Waals surface area contributed by atoms with Gasteiger partial charge in [0, 0.05) is 17.4 Å². The van der Waals surface area contributed by atoms with Crippen molar-refractivity contribution in [3.05, 3.63) is 53.7 Å². The number of nitrogen functional groups attached to an aromatic ring is 1. The Morgan fingerprint density at radius 1 is 1.20 bits per heavy atom. The molecule has 6 heteroatoms. The summed E-state index contributed by atoms with van der Waals surface area (Å²) in [6.07, 6.45) is 1.45. The summed E-state index contributed by atoms with van der Waals surface area (Å²) >= 11 is 0. The topological polar surface area (TPSA) is 94.3 Å². The molecule has 0 spiro atoms. The van der Waals surface area contributed by atoms with Gasteiger partial charge in [0.05, 0.1) is 12.7 Å². The highest BCUT2D eigenvalue weighted by Gasteiger charge is 2.09. The van der Waals surface area contributed by atoms with Gasteiger partial charge >= 0.3 is 5.97 Å². The largest absolute Gasteiger partial charge is 0.465 e. The number of nitrogens with two attached hydrogens (primary N) is 1. The third-order valence-electron chi connectivity index (χ3n) is 2.58. The first-order valence-electron chi connectivity index (χ1n) is 5.81. The van der Waals surface area contributed by atoms with E-state index in [9.17, 15) is 9.59 Å². The number of pyridine rings is 1. The van der Waals surface area contributed by atoms with Crippen LogP contribution in [-0.4, -0.2) is 24.0 Å². The summed E-state index contributed by atoms with van der Waals surface area (Å²) in [6, 6.07) is 9.49. The lowest BCUT2D eigenvalue weighted by molar-refractivity contribution is 0.0600.